The fourth-order valence-corrected chi connectivity index (χ4v) is 0.794. The third kappa shape index (κ3) is 3.08. The highest BCUT2D eigenvalue weighted by Crippen LogP contribution is 2.08. The Morgan fingerprint density at radius 1 is 1.25 bits per heavy atom. The SMILES string of the molecule is O=C[C@H](O)[C@H](O)[C@H](O)[C@H](S)CO. The molecule has 0 radical (unpaired) electrons. The van der Waals surface area contributed by atoms with E-state index in [4.69, 9.17) is 20.4 Å². The predicted molar refractivity (Wildman–Crippen MR) is 43.9 cm³/mol. The molecule has 0 aromatic carbocycles. The van der Waals surface area contributed by atoms with Crippen molar-refractivity contribution in [3.8, 4) is 0 Å². The van der Waals surface area contributed by atoms with Gasteiger partial charge in [-0.15, -0.1) is 0 Å². The summed E-state index contributed by atoms with van der Waals surface area (Å²) in [5.74, 6) is 0. The van der Waals surface area contributed by atoms with Gasteiger partial charge in [0.1, 0.15) is 12.2 Å². The minimum absolute atomic E-state index is 0.103. The first-order valence-corrected chi connectivity index (χ1v) is 3.84. The summed E-state index contributed by atoms with van der Waals surface area (Å²) < 4.78 is 0. The van der Waals surface area contributed by atoms with Gasteiger partial charge in [0.25, 0.3) is 0 Å². The number of aldehydes is 1. The highest BCUT2D eigenvalue weighted by molar-refractivity contribution is 7.81. The molecule has 0 bridgehead atoms. The number of rotatable bonds is 5. The second-order valence-corrected chi connectivity index (χ2v) is 3.02. The van der Waals surface area contributed by atoms with Crippen LogP contribution in [0.15, 0.2) is 0 Å². The van der Waals surface area contributed by atoms with E-state index in [2.05, 4.69) is 12.6 Å². The van der Waals surface area contributed by atoms with Crippen molar-refractivity contribution in [1.29, 1.82) is 0 Å². The maximum atomic E-state index is 9.95. The Balaban J connectivity index is 4.07. The average Bonchev–Trinajstić information content (AvgIpc) is 2.12. The lowest BCUT2D eigenvalue weighted by molar-refractivity contribution is -0.126. The normalized spacial score (nSPS) is 21.1. The van der Waals surface area contributed by atoms with Crippen LogP contribution in [0.5, 0.6) is 0 Å². The van der Waals surface area contributed by atoms with E-state index in [0.717, 1.165) is 0 Å². The Morgan fingerprint density at radius 3 is 2.08 bits per heavy atom. The van der Waals surface area contributed by atoms with Crippen LogP contribution < -0.4 is 0 Å². The molecule has 4 N–H and O–H groups in total. The Kier molecular flexibility index (Phi) is 5.43. The lowest BCUT2D eigenvalue weighted by atomic mass is 10.1. The lowest BCUT2D eigenvalue weighted by Gasteiger charge is -2.22. The molecule has 5 nitrogen and oxygen atoms in total. The zero-order valence-electron chi connectivity index (χ0n) is 6.24. The third-order valence-electron chi connectivity index (χ3n) is 1.42. The molecule has 4 atom stereocenters. The van der Waals surface area contributed by atoms with Gasteiger partial charge in [-0.3, -0.25) is 0 Å². The van der Waals surface area contributed by atoms with E-state index in [0.29, 0.717) is 0 Å². The number of aliphatic hydroxyl groups is 4. The molecular weight excluding hydrogens is 184 g/mol. The number of carbonyl (C=O) groups is 1. The third-order valence-corrected chi connectivity index (χ3v) is 1.89. The molecule has 0 rings (SSSR count). The van der Waals surface area contributed by atoms with Crippen molar-refractivity contribution in [2.75, 3.05) is 6.61 Å². The van der Waals surface area contributed by atoms with E-state index in [9.17, 15) is 4.79 Å². The van der Waals surface area contributed by atoms with E-state index < -0.39 is 30.2 Å². The van der Waals surface area contributed by atoms with Crippen molar-refractivity contribution in [3.05, 3.63) is 0 Å². The van der Waals surface area contributed by atoms with Crippen molar-refractivity contribution >= 4 is 18.9 Å². The first-order valence-electron chi connectivity index (χ1n) is 3.33. The highest BCUT2D eigenvalue weighted by Gasteiger charge is 2.28. The van der Waals surface area contributed by atoms with Gasteiger partial charge in [-0.2, -0.15) is 12.6 Å². The molecule has 0 aliphatic heterocycles. The molecule has 12 heavy (non-hydrogen) atoms. The summed E-state index contributed by atoms with van der Waals surface area (Å²) in [7, 11) is 0. The summed E-state index contributed by atoms with van der Waals surface area (Å²) >= 11 is 3.71. The zero-order valence-corrected chi connectivity index (χ0v) is 7.13. The largest absolute Gasteiger partial charge is 0.395 e. The second-order valence-electron chi connectivity index (χ2n) is 2.36. The van der Waals surface area contributed by atoms with E-state index >= 15 is 0 Å². The number of thiol groups is 1. The average molecular weight is 196 g/mol. The van der Waals surface area contributed by atoms with Gasteiger partial charge in [-0.25, -0.2) is 0 Å². The van der Waals surface area contributed by atoms with Gasteiger partial charge < -0.3 is 25.2 Å². The summed E-state index contributed by atoms with van der Waals surface area (Å²) in [5.41, 5.74) is 0. The van der Waals surface area contributed by atoms with Gasteiger partial charge in [0.2, 0.25) is 0 Å². The zero-order chi connectivity index (χ0) is 9.72. The molecule has 0 aliphatic carbocycles. The highest BCUT2D eigenvalue weighted by atomic mass is 32.1. The predicted octanol–water partition coefficient (Wildman–Crippen LogP) is -2.44. The topological polar surface area (TPSA) is 98.0 Å². The van der Waals surface area contributed by atoms with Crippen LogP contribution in [0.25, 0.3) is 0 Å². The first kappa shape index (κ1) is 11.9. The molecule has 0 spiro atoms. The van der Waals surface area contributed by atoms with Crippen molar-refractivity contribution < 1.29 is 25.2 Å². The second kappa shape index (κ2) is 5.50. The molecule has 0 fully saturated rings. The minimum Gasteiger partial charge on any atom is -0.395 e. The molecule has 0 saturated heterocycles. The Hall–Kier alpha value is -0.140. The Labute approximate surface area is 75.1 Å². The van der Waals surface area contributed by atoms with Crippen LogP contribution in [0.1, 0.15) is 0 Å². The number of carbonyl (C=O) groups excluding carboxylic acids is 1. The fourth-order valence-electron chi connectivity index (χ4n) is 0.618. The van der Waals surface area contributed by atoms with E-state index in [1.165, 1.54) is 0 Å². The standard InChI is InChI=1S/C6H12O5S/c7-1-3(9)5(10)6(11)4(12)2-8/h1,3-6,8-12H,2H2/t3-,4+,5-,6+/m0/s1. The minimum atomic E-state index is -1.65. The van der Waals surface area contributed by atoms with Gasteiger partial charge in [0, 0.05) is 0 Å². The van der Waals surface area contributed by atoms with Gasteiger partial charge in [0.15, 0.2) is 6.29 Å². The van der Waals surface area contributed by atoms with Gasteiger partial charge in [-0.05, 0) is 0 Å². The summed E-state index contributed by atoms with van der Waals surface area (Å²) in [5, 5.41) is 34.4. The van der Waals surface area contributed by atoms with Gasteiger partial charge in [-0.1, -0.05) is 0 Å². The van der Waals surface area contributed by atoms with E-state index in [-0.39, 0.29) is 6.29 Å². The monoisotopic (exact) mass is 196 g/mol. The summed E-state index contributed by atoms with van der Waals surface area (Å²) in [4.78, 5) is 9.95. The molecule has 0 amide bonds. The van der Waals surface area contributed by atoms with Crippen molar-refractivity contribution in [3.63, 3.8) is 0 Å². The van der Waals surface area contributed by atoms with Crippen LogP contribution in [0.2, 0.25) is 0 Å². The van der Waals surface area contributed by atoms with Crippen LogP contribution in [0.4, 0.5) is 0 Å². The number of hydrogen-bond donors (Lipinski definition) is 5. The van der Waals surface area contributed by atoms with Crippen LogP contribution in [-0.4, -0.2) is 56.9 Å². The first-order chi connectivity index (χ1) is 5.54. The van der Waals surface area contributed by atoms with Gasteiger partial charge >= 0.3 is 0 Å². The summed E-state index contributed by atoms with van der Waals surface area (Å²) in [6.45, 7) is -0.451. The molecule has 6 heteroatoms. The molecule has 0 aromatic rings. The van der Waals surface area contributed by atoms with Gasteiger partial charge in [0.05, 0.1) is 18.0 Å². The van der Waals surface area contributed by atoms with Crippen LogP contribution >= 0.6 is 12.6 Å². The lowest BCUT2D eigenvalue weighted by Crippen LogP contribution is -2.44. The van der Waals surface area contributed by atoms with Crippen molar-refractivity contribution in [2.24, 2.45) is 0 Å². The Morgan fingerprint density at radius 2 is 1.75 bits per heavy atom. The number of hydrogen-bond acceptors (Lipinski definition) is 6. The van der Waals surface area contributed by atoms with Crippen molar-refractivity contribution in [2.45, 2.75) is 23.6 Å². The molecular formula is C6H12O5S. The smallest absolute Gasteiger partial charge is 0.151 e. The van der Waals surface area contributed by atoms with E-state index in [1.807, 2.05) is 0 Å². The number of aliphatic hydroxyl groups excluding tert-OH is 4. The molecule has 0 heterocycles. The molecule has 72 valence electrons. The Bertz CT molecular complexity index is 142. The molecule has 0 aliphatic rings. The fraction of sp³-hybridized carbons (Fsp3) is 0.833. The van der Waals surface area contributed by atoms with Crippen LogP contribution in [0, 0.1) is 0 Å². The van der Waals surface area contributed by atoms with Crippen LogP contribution in [0.3, 0.4) is 0 Å². The molecule has 0 unspecified atom stereocenters. The summed E-state index contributed by atoms with van der Waals surface area (Å²) in [6, 6.07) is 0. The van der Waals surface area contributed by atoms with Crippen molar-refractivity contribution in [1.82, 2.24) is 0 Å². The van der Waals surface area contributed by atoms with E-state index in [1.54, 1.807) is 0 Å². The van der Waals surface area contributed by atoms with Crippen LogP contribution in [-0.2, 0) is 4.79 Å². The quantitative estimate of drug-likeness (QED) is 0.248. The maximum absolute atomic E-state index is 9.95. The molecule has 0 saturated carbocycles. The maximum Gasteiger partial charge on any atom is 0.151 e. The summed E-state index contributed by atoms with van der Waals surface area (Å²) in [6.07, 6.45) is -4.59. The molecule has 0 aromatic heterocycles.